The van der Waals surface area contributed by atoms with Crippen LogP contribution in [0.1, 0.15) is 40.6 Å². The highest BCUT2D eigenvalue weighted by Gasteiger charge is 2.63. The summed E-state index contributed by atoms with van der Waals surface area (Å²) in [4.78, 5) is 27.0. The van der Waals surface area contributed by atoms with Gasteiger partial charge in [-0.05, 0) is 59.5 Å². The number of amides is 2. The SMILES string of the molecule is Cc1ccc(F)cc1C1N(Cl)C(=O)CC(c2cccc(Cl)c2)C12C(=O)Nc1ccccc12. The van der Waals surface area contributed by atoms with Crippen LogP contribution in [0.3, 0.4) is 0 Å². The van der Waals surface area contributed by atoms with Crippen LogP contribution in [-0.4, -0.2) is 16.2 Å². The van der Waals surface area contributed by atoms with Gasteiger partial charge < -0.3 is 5.32 Å². The summed E-state index contributed by atoms with van der Waals surface area (Å²) in [6, 6.07) is 18.0. The Kier molecular flexibility index (Phi) is 4.99. The Morgan fingerprint density at radius 1 is 1.06 bits per heavy atom. The molecule has 2 aliphatic heterocycles. The number of carbonyl (C=O) groups is 2. The number of halogens is 3. The van der Waals surface area contributed by atoms with Gasteiger partial charge in [-0.15, -0.1) is 0 Å². The fourth-order valence-electron chi connectivity index (χ4n) is 5.23. The number of anilines is 1. The summed E-state index contributed by atoms with van der Waals surface area (Å²) in [5, 5.41) is 3.48. The van der Waals surface area contributed by atoms with Gasteiger partial charge in [0.05, 0.1) is 6.04 Å². The minimum absolute atomic E-state index is 0.0104. The van der Waals surface area contributed by atoms with E-state index in [1.807, 2.05) is 37.3 Å². The summed E-state index contributed by atoms with van der Waals surface area (Å²) in [5.41, 5.74) is 2.09. The molecule has 2 amide bonds. The molecule has 3 atom stereocenters. The number of piperidine rings is 1. The van der Waals surface area contributed by atoms with Crippen molar-refractivity contribution in [2.45, 2.75) is 30.7 Å². The highest BCUT2D eigenvalue weighted by Crippen LogP contribution is 2.60. The van der Waals surface area contributed by atoms with Gasteiger partial charge in [0.2, 0.25) is 11.8 Å². The van der Waals surface area contributed by atoms with Crippen molar-refractivity contribution in [2.24, 2.45) is 0 Å². The molecule has 1 spiro atoms. The fourth-order valence-corrected chi connectivity index (χ4v) is 5.76. The second-order valence-electron chi connectivity index (χ2n) is 8.29. The lowest BCUT2D eigenvalue weighted by Gasteiger charge is -2.49. The van der Waals surface area contributed by atoms with Crippen LogP contribution in [0.15, 0.2) is 66.7 Å². The van der Waals surface area contributed by atoms with Gasteiger partial charge in [-0.3, -0.25) is 9.59 Å². The van der Waals surface area contributed by atoms with Gasteiger partial charge in [0.1, 0.15) is 11.2 Å². The van der Waals surface area contributed by atoms with E-state index in [1.165, 1.54) is 12.1 Å². The van der Waals surface area contributed by atoms with E-state index in [1.54, 1.807) is 24.3 Å². The first-order valence-electron chi connectivity index (χ1n) is 10.2. The first-order chi connectivity index (χ1) is 15.3. The molecule has 0 bridgehead atoms. The van der Waals surface area contributed by atoms with E-state index in [0.29, 0.717) is 16.3 Å². The third-order valence-electron chi connectivity index (χ3n) is 6.61. The van der Waals surface area contributed by atoms with Crippen LogP contribution in [-0.2, 0) is 15.0 Å². The maximum Gasteiger partial charge on any atom is 0.238 e. The maximum absolute atomic E-state index is 14.4. The van der Waals surface area contributed by atoms with E-state index in [4.69, 9.17) is 23.4 Å². The highest BCUT2D eigenvalue weighted by molar-refractivity contribution is 6.30. The third kappa shape index (κ3) is 2.95. The minimum atomic E-state index is -1.27. The van der Waals surface area contributed by atoms with Crippen LogP contribution in [0.2, 0.25) is 5.02 Å². The van der Waals surface area contributed by atoms with Gasteiger partial charge in [0, 0.05) is 34.8 Å². The number of hydrogen-bond donors (Lipinski definition) is 1. The second kappa shape index (κ2) is 7.61. The Labute approximate surface area is 195 Å². The number of hydrogen-bond acceptors (Lipinski definition) is 2. The Balaban J connectivity index is 1.86. The van der Waals surface area contributed by atoms with Crippen LogP contribution in [0.4, 0.5) is 10.1 Å². The largest absolute Gasteiger partial charge is 0.325 e. The molecule has 4 nitrogen and oxygen atoms in total. The molecule has 3 aromatic rings. The molecule has 162 valence electrons. The predicted molar refractivity (Wildman–Crippen MR) is 122 cm³/mol. The minimum Gasteiger partial charge on any atom is -0.325 e. The van der Waals surface area contributed by atoms with Crippen molar-refractivity contribution in [2.75, 3.05) is 5.32 Å². The van der Waals surface area contributed by atoms with E-state index in [0.717, 1.165) is 21.1 Å². The van der Waals surface area contributed by atoms with Crippen molar-refractivity contribution in [1.82, 2.24) is 4.42 Å². The molecule has 2 aliphatic rings. The zero-order chi connectivity index (χ0) is 22.6. The van der Waals surface area contributed by atoms with Crippen LogP contribution in [0.5, 0.6) is 0 Å². The van der Waals surface area contributed by atoms with Crippen LogP contribution in [0, 0.1) is 12.7 Å². The molecule has 0 saturated carbocycles. The molecule has 0 aliphatic carbocycles. The van der Waals surface area contributed by atoms with Crippen molar-refractivity contribution >= 4 is 40.9 Å². The molecule has 7 heteroatoms. The standard InChI is InChI=1S/C25H19Cl2FN2O2/c1-14-9-10-17(28)12-18(14)23-25(19-7-2-3-8-21(19)29-24(25)32)20(13-22(31)30(23)27)15-5-4-6-16(26)11-15/h2-12,20,23H,13H2,1H3,(H,29,32). The van der Waals surface area contributed by atoms with Gasteiger partial charge >= 0.3 is 0 Å². The summed E-state index contributed by atoms with van der Waals surface area (Å²) in [5.74, 6) is -1.64. The van der Waals surface area contributed by atoms with Crippen molar-refractivity contribution in [3.63, 3.8) is 0 Å². The molecule has 3 aromatic carbocycles. The number of para-hydroxylation sites is 1. The Bertz CT molecular complexity index is 1260. The lowest BCUT2D eigenvalue weighted by atomic mass is 9.59. The van der Waals surface area contributed by atoms with Crippen LogP contribution < -0.4 is 5.32 Å². The van der Waals surface area contributed by atoms with Crippen molar-refractivity contribution in [3.8, 4) is 0 Å². The first kappa shape index (κ1) is 21.0. The number of carbonyl (C=O) groups excluding carboxylic acids is 2. The Morgan fingerprint density at radius 2 is 1.84 bits per heavy atom. The molecular weight excluding hydrogens is 450 g/mol. The third-order valence-corrected chi connectivity index (χ3v) is 7.23. The van der Waals surface area contributed by atoms with Crippen LogP contribution >= 0.6 is 23.4 Å². The van der Waals surface area contributed by atoms with Crippen molar-refractivity contribution < 1.29 is 14.0 Å². The zero-order valence-electron chi connectivity index (χ0n) is 17.1. The van der Waals surface area contributed by atoms with E-state index < -0.39 is 23.2 Å². The average Bonchev–Trinajstić information content (AvgIpc) is 3.05. The van der Waals surface area contributed by atoms with E-state index in [2.05, 4.69) is 5.32 Å². The van der Waals surface area contributed by atoms with Crippen LogP contribution in [0.25, 0.3) is 0 Å². The lowest BCUT2D eigenvalue weighted by molar-refractivity contribution is -0.138. The molecule has 1 saturated heterocycles. The molecule has 5 rings (SSSR count). The smallest absolute Gasteiger partial charge is 0.238 e. The molecule has 1 fully saturated rings. The molecule has 3 unspecified atom stereocenters. The molecule has 32 heavy (non-hydrogen) atoms. The summed E-state index contributed by atoms with van der Waals surface area (Å²) < 4.78 is 15.5. The van der Waals surface area contributed by atoms with E-state index in [9.17, 15) is 14.0 Å². The molecular formula is C25H19Cl2FN2O2. The predicted octanol–water partition coefficient (Wildman–Crippen LogP) is 5.89. The summed E-state index contributed by atoms with van der Waals surface area (Å²) >= 11 is 12.9. The quantitative estimate of drug-likeness (QED) is 0.476. The second-order valence-corrected chi connectivity index (χ2v) is 9.09. The van der Waals surface area contributed by atoms with Gasteiger partial charge in [-0.25, -0.2) is 8.81 Å². The van der Waals surface area contributed by atoms with Gasteiger partial charge in [0.25, 0.3) is 0 Å². The molecule has 0 aromatic heterocycles. The molecule has 1 N–H and O–H groups in total. The first-order valence-corrected chi connectivity index (χ1v) is 11.0. The summed E-state index contributed by atoms with van der Waals surface area (Å²) in [7, 11) is 0. The van der Waals surface area contributed by atoms with Gasteiger partial charge in [0.15, 0.2) is 0 Å². The Morgan fingerprint density at radius 3 is 2.62 bits per heavy atom. The van der Waals surface area contributed by atoms with Crippen molar-refractivity contribution in [1.29, 1.82) is 0 Å². The Hall–Kier alpha value is -2.89. The number of rotatable bonds is 2. The number of fused-ring (bicyclic) bond motifs is 2. The van der Waals surface area contributed by atoms with Gasteiger partial charge in [-0.1, -0.05) is 48.0 Å². The van der Waals surface area contributed by atoms with Crippen molar-refractivity contribution in [3.05, 3.63) is 99.8 Å². The zero-order valence-corrected chi connectivity index (χ0v) is 18.6. The average molecular weight is 469 g/mol. The molecule has 0 radical (unpaired) electrons. The maximum atomic E-state index is 14.4. The normalized spacial score (nSPS) is 24.6. The van der Waals surface area contributed by atoms with E-state index in [-0.39, 0.29) is 18.2 Å². The van der Waals surface area contributed by atoms with E-state index >= 15 is 0 Å². The summed E-state index contributed by atoms with van der Waals surface area (Å²) in [6.07, 6.45) is 0.0104. The number of nitrogens with one attached hydrogen (secondary N) is 1. The number of aryl methyl sites for hydroxylation is 1. The monoisotopic (exact) mass is 468 g/mol. The lowest BCUT2D eigenvalue weighted by Crippen LogP contribution is -2.56. The van der Waals surface area contributed by atoms with Gasteiger partial charge in [-0.2, -0.15) is 0 Å². The highest BCUT2D eigenvalue weighted by atomic mass is 35.5. The fraction of sp³-hybridized carbons (Fsp3) is 0.200. The summed E-state index contributed by atoms with van der Waals surface area (Å²) in [6.45, 7) is 1.82. The number of nitrogens with zero attached hydrogens (tertiary/aromatic N) is 1. The number of benzene rings is 3. The molecule has 2 heterocycles. The topological polar surface area (TPSA) is 49.4 Å².